The second kappa shape index (κ2) is 12.5. The molecule has 2 aromatic heterocycles. The molecule has 0 amide bonds. The van der Waals surface area contributed by atoms with E-state index in [9.17, 15) is 9.90 Å². The maximum atomic E-state index is 11.4. The summed E-state index contributed by atoms with van der Waals surface area (Å²) in [5, 5.41) is 9.29. The van der Waals surface area contributed by atoms with Crippen LogP contribution in [0.25, 0.3) is 11.4 Å². The monoisotopic (exact) mass is 501 g/mol. The van der Waals surface area contributed by atoms with Gasteiger partial charge in [0.15, 0.2) is 5.82 Å². The lowest BCUT2D eigenvalue weighted by molar-refractivity contribution is 0.0695. The first kappa shape index (κ1) is 25.6. The lowest BCUT2D eigenvalue weighted by Crippen LogP contribution is -2.10. The summed E-state index contributed by atoms with van der Waals surface area (Å²) in [6, 6.07) is 20.8. The quantitative estimate of drug-likeness (QED) is 0.275. The molecule has 0 radical (unpaired) electrons. The second-order valence-electron chi connectivity index (χ2n) is 8.02. The molecule has 0 spiro atoms. The van der Waals surface area contributed by atoms with E-state index in [1.165, 1.54) is 6.20 Å². The Hall–Kier alpha value is -4.50. The number of ether oxygens (including phenoxy) is 4. The van der Waals surface area contributed by atoms with Gasteiger partial charge in [-0.15, -0.1) is 0 Å². The number of carboxylic acids is 1. The SMILES string of the molecule is COc1ccc(COc2ccc(-c3ncc(C(=O)O)c(C)n3)c(OCCOCc3ccccc3)n2)cc1. The van der Waals surface area contributed by atoms with Crippen molar-refractivity contribution < 1.29 is 28.8 Å². The molecule has 4 aromatic rings. The highest BCUT2D eigenvalue weighted by atomic mass is 16.5. The maximum absolute atomic E-state index is 11.4. The van der Waals surface area contributed by atoms with Crippen molar-refractivity contribution >= 4 is 5.97 Å². The lowest BCUT2D eigenvalue weighted by atomic mass is 10.2. The van der Waals surface area contributed by atoms with Gasteiger partial charge in [-0.3, -0.25) is 0 Å². The molecule has 9 heteroatoms. The Balaban J connectivity index is 1.48. The van der Waals surface area contributed by atoms with Crippen molar-refractivity contribution in [3.8, 4) is 28.9 Å². The third-order valence-corrected chi connectivity index (χ3v) is 5.41. The van der Waals surface area contributed by atoms with Crippen molar-refractivity contribution in [3.05, 3.63) is 95.3 Å². The molecule has 190 valence electrons. The van der Waals surface area contributed by atoms with Gasteiger partial charge >= 0.3 is 5.97 Å². The zero-order chi connectivity index (χ0) is 26.0. The van der Waals surface area contributed by atoms with Crippen LogP contribution in [0.4, 0.5) is 0 Å². The summed E-state index contributed by atoms with van der Waals surface area (Å²) in [7, 11) is 1.62. The Morgan fingerprint density at radius 3 is 2.32 bits per heavy atom. The molecule has 0 atom stereocenters. The van der Waals surface area contributed by atoms with Crippen molar-refractivity contribution in [2.45, 2.75) is 20.1 Å². The fraction of sp³-hybridized carbons (Fsp3) is 0.214. The predicted octanol–water partition coefficient (Wildman–Crippen LogP) is 4.73. The number of carbonyl (C=O) groups is 1. The molecule has 0 saturated carbocycles. The summed E-state index contributed by atoms with van der Waals surface area (Å²) in [5.74, 6) is 0.602. The molecule has 0 bridgehead atoms. The Morgan fingerprint density at radius 2 is 1.62 bits per heavy atom. The minimum Gasteiger partial charge on any atom is -0.497 e. The van der Waals surface area contributed by atoms with Gasteiger partial charge in [0.05, 0.1) is 37.1 Å². The van der Waals surface area contributed by atoms with Gasteiger partial charge in [0.25, 0.3) is 0 Å². The van der Waals surface area contributed by atoms with E-state index in [4.69, 9.17) is 18.9 Å². The van der Waals surface area contributed by atoms with E-state index in [-0.39, 0.29) is 18.1 Å². The summed E-state index contributed by atoms with van der Waals surface area (Å²) in [6.07, 6.45) is 1.28. The summed E-state index contributed by atoms with van der Waals surface area (Å²) in [5.41, 5.74) is 2.91. The number of aromatic carboxylic acids is 1. The van der Waals surface area contributed by atoms with Crippen LogP contribution in [-0.4, -0.2) is 46.4 Å². The normalized spacial score (nSPS) is 10.6. The number of methoxy groups -OCH3 is 1. The highest BCUT2D eigenvalue weighted by Gasteiger charge is 2.16. The van der Waals surface area contributed by atoms with E-state index in [1.54, 1.807) is 26.2 Å². The maximum Gasteiger partial charge on any atom is 0.339 e. The van der Waals surface area contributed by atoms with Gasteiger partial charge in [-0.25, -0.2) is 14.8 Å². The standard InChI is InChI=1S/C28H27N3O6/c1-19-24(28(32)33)16-29-26(30-19)23-12-13-25(37-18-21-8-10-22(34-2)11-9-21)31-27(23)36-15-14-35-17-20-6-4-3-5-7-20/h3-13,16H,14-15,17-18H2,1-2H3,(H,32,33). The van der Waals surface area contributed by atoms with E-state index in [0.29, 0.717) is 42.8 Å². The first-order valence-corrected chi connectivity index (χ1v) is 11.6. The fourth-order valence-electron chi connectivity index (χ4n) is 3.43. The molecule has 4 rings (SSSR count). The van der Waals surface area contributed by atoms with Gasteiger partial charge in [-0.2, -0.15) is 4.98 Å². The number of benzene rings is 2. The molecule has 2 heterocycles. The summed E-state index contributed by atoms with van der Waals surface area (Å²) >= 11 is 0. The number of nitrogens with zero attached hydrogens (tertiary/aromatic N) is 3. The average Bonchev–Trinajstić information content (AvgIpc) is 2.92. The number of aryl methyl sites for hydroxylation is 1. The molecule has 9 nitrogen and oxygen atoms in total. The van der Waals surface area contributed by atoms with Gasteiger partial charge in [0.1, 0.15) is 19.0 Å². The molecule has 2 aromatic carbocycles. The van der Waals surface area contributed by atoms with Crippen molar-refractivity contribution in [2.75, 3.05) is 20.3 Å². The van der Waals surface area contributed by atoms with Crippen molar-refractivity contribution in [2.24, 2.45) is 0 Å². The molecule has 0 aliphatic carbocycles. The van der Waals surface area contributed by atoms with Gasteiger partial charge in [0.2, 0.25) is 11.8 Å². The van der Waals surface area contributed by atoms with Crippen molar-refractivity contribution in [1.29, 1.82) is 0 Å². The molecule has 0 unspecified atom stereocenters. The molecule has 37 heavy (non-hydrogen) atoms. The van der Waals surface area contributed by atoms with Crippen LogP contribution in [0.2, 0.25) is 0 Å². The third-order valence-electron chi connectivity index (χ3n) is 5.41. The average molecular weight is 502 g/mol. The summed E-state index contributed by atoms with van der Waals surface area (Å²) in [6.45, 7) is 2.96. The fourth-order valence-corrected chi connectivity index (χ4v) is 3.43. The van der Waals surface area contributed by atoms with E-state index in [0.717, 1.165) is 16.9 Å². The predicted molar refractivity (Wildman–Crippen MR) is 136 cm³/mol. The highest BCUT2D eigenvalue weighted by molar-refractivity contribution is 5.88. The second-order valence-corrected chi connectivity index (χ2v) is 8.02. The summed E-state index contributed by atoms with van der Waals surface area (Å²) in [4.78, 5) is 24.4. The van der Waals surface area contributed by atoms with E-state index in [1.807, 2.05) is 54.6 Å². The van der Waals surface area contributed by atoms with Gasteiger partial charge in [0, 0.05) is 12.3 Å². The number of carboxylic acid groups (broad SMARTS) is 1. The zero-order valence-corrected chi connectivity index (χ0v) is 20.6. The summed E-state index contributed by atoms with van der Waals surface area (Å²) < 4.78 is 22.7. The van der Waals surface area contributed by atoms with Crippen molar-refractivity contribution in [1.82, 2.24) is 15.0 Å². The van der Waals surface area contributed by atoms with Crippen LogP contribution in [-0.2, 0) is 18.0 Å². The molecular weight excluding hydrogens is 474 g/mol. The van der Waals surface area contributed by atoms with Crippen LogP contribution in [0.15, 0.2) is 72.9 Å². The van der Waals surface area contributed by atoms with Crippen LogP contribution < -0.4 is 14.2 Å². The lowest BCUT2D eigenvalue weighted by Gasteiger charge is -2.13. The Bertz CT molecular complexity index is 1330. The van der Waals surface area contributed by atoms with Gasteiger partial charge in [-0.1, -0.05) is 42.5 Å². The van der Waals surface area contributed by atoms with E-state index in [2.05, 4.69) is 15.0 Å². The van der Waals surface area contributed by atoms with Crippen LogP contribution in [0, 0.1) is 6.92 Å². The minimum absolute atomic E-state index is 0.0351. The first-order chi connectivity index (χ1) is 18.0. The molecule has 0 fully saturated rings. The Kier molecular flexibility index (Phi) is 8.62. The number of pyridine rings is 1. The molecule has 0 aliphatic rings. The molecule has 0 aliphatic heterocycles. The highest BCUT2D eigenvalue weighted by Crippen LogP contribution is 2.29. The zero-order valence-electron chi connectivity index (χ0n) is 20.6. The topological polar surface area (TPSA) is 113 Å². The van der Waals surface area contributed by atoms with Gasteiger partial charge in [-0.05, 0) is 36.2 Å². The molecule has 1 N–H and O–H groups in total. The number of aromatic nitrogens is 3. The number of hydrogen-bond donors (Lipinski definition) is 1. The van der Waals surface area contributed by atoms with Crippen molar-refractivity contribution in [3.63, 3.8) is 0 Å². The number of rotatable bonds is 12. The van der Waals surface area contributed by atoms with E-state index >= 15 is 0 Å². The Labute approximate surface area is 214 Å². The smallest absolute Gasteiger partial charge is 0.339 e. The van der Waals surface area contributed by atoms with Gasteiger partial charge < -0.3 is 24.1 Å². The number of hydrogen-bond acceptors (Lipinski definition) is 8. The van der Waals surface area contributed by atoms with E-state index < -0.39 is 5.97 Å². The first-order valence-electron chi connectivity index (χ1n) is 11.6. The molecular formula is C28H27N3O6. The Morgan fingerprint density at radius 1 is 0.865 bits per heavy atom. The van der Waals surface area contributed by atoms with Crippen LogP contribution >= 0.6 is 0 Å². The van der Waals surface area contributed by atoms with Crippen LogP contribution in [0.1, 0.15) is 27.2 Å². The van der Waals surface area contributed by atoms with Crippen LogP contribution in [0.5, 0.6) is 17.5 Å². The largest absolute Gasteiger partial charge is 0.497 e. The minimum atomic E-state index is -1.09. The van der Waals surface area contributed by atoms with Crippen LogP contribution in [0.3, 0.4) is 0 Å². The third kappa shape index (κ3) is 7.02. The molecule has 0 saturated heterocycles.